The first-order chi connectivity index (χ1) is 6.33. The van der Waals surface area contributed by atoms with Crippen LogP contribution in [0.3, 0.4) is 0 Å². The number of rotatable bonds is 5. The Kier molecular flexibility index (Phi) is 5.78. The first-order valence-corrected chi connectivity index (χ1v) is 6.23. The van der Waals surface area contributed by atoms with Crippen LogP contribution in [0.5, 0.6) is 0 Å². The van der Waals surface area contributed by atoms with E-state index in [1.807, 2.05) is 11.8 Å². The molecule has 1 aliphatic rings. The number of hydrogen-bond acceptors (Lipinski definition) is 4. The molecule has 0 radical (unpaired) electrons. The fourth-order valence-corrected chi connectivity index (χ4v) is 1.91. The van der Waals surface area contributed by atoms with Gasteiger partial charge >= 0.3 is 0 Å². The molecule has 78 valence electrons. The van der Waals surface area contributed by atoms with Crippen molar-refractivity contribution >= 4 is 11.8 Å². The molecule has 0 atom stereocenters. The van der Waals surface area contributed by atoms with E-state index in [0.717, 1.165) is 19.6 Å². The van der Waals surface area contributed by atoms with E-state index in [4.69, 9.17) is 0 Å². The van der Waals surface area contributed by atoms with Gasteiger partial charge < -0.3 is 4.90 Å². The zero-order chi connectivity index (χ0) is 9.52. The summed E-state index contributed by atoms with van der Waals surface area (Å²) in [7, 11) is 2.18. The number of piperazine rings is 1. The Morgan fingerprint density at radius 2 is 1.92 bits per heavy atom. The molecule has 0 aromatic carbocycles. The van der Waals surface area contributed by atoms with Crippen molar-refractivity contribution in [1.82, 2.24) is 15.3 Å². The number of likely N-dealkylation sites (N-methyl/N-ethyl adjacent to an activating group) is 1. The Labute approximate surface area is 85.8 Å². The zero-order valence-electron chi connectivity index (χ0n) is 8.75. The van der Waals surface area contributed by atoms with Crippen LogP contribution in [-0.4, -0.2) is 61.2 Å². The summed E-state index contributed by atoms with van der Waals surface area (Å²) in [4.78, 5) is 2.37. The quantitative estimate of drug-likeness (QED) is 0.655. The van der Waals surface area contributed by atoms with Crippen LogP contribution in [0.1, 0.15) is 6.92 Å². The van der Waals surface area contributed by atoms with Gasteiger partial charge in [0.2, 0.25) is 0 Å². The van der Waals surface area contributed by atoms with Gasteiger partial charge in [-0.15, -0.1) is 0 Å². The first kappa shape index (κ1) is 11.3. The lowest BCUT2D eigenvalue weighted by atomic mass is 10.4. The van der Waals surface area contributed by atoms with Crippen LogP contribution >= 0.6 is 11.8 Å². The summed E-state index contributed by atoms with van der Waals surface area (Å²) in [6, 6.07) is 0. The Bertz CT molecular complexity index is 124. The van der Waals surface area contributed by atoms with Crippen LogP contribution in [-0.2, 0) is 0 Å². The topological polar surface area (TPSA) is 18.5 Å². The van der Waals surface area contributed by atoms with Gasteiger partial charge in [0.15, 0.2) is 0 Å². The molecule has 0 aromatic rings. The predicted molar refractivity (Wildman–Crippen MR) is 60.1 cm³/mol. The maximum atomic E-state index is 3.46. The molecule has 1 heterocycles. The van der Waals surface area contributed by atoms with Crippen molar-refractivity contribution < 1.29 is 0 Å². The highest BCUT2D eigenvalue weighted by molar-refractivity contribution is 7.99. The van der Waals surface area contributed by atoms with Gasteiger partial charge in [-0.25, -0.2) is 5.01 Å². The minimum absolute atomic E-state index is 1.11. The van der Waals surface area contributed by atoms with Gasteiger partial charge in [-0.2, -0.15) is 11.8 Å². The third kappa shape index (κ3) is 4.86. The highest BCUT2D eigenvalue weighted by atomic mass is 32.2. The van der Waals surface area contributed by atoms with Crippen LogP contribution in [0.4, 0.5) is 0 Å². The standard InChI is InChI=1S/C9H21N3S/c1-3-13-9-4-10-12-7-5-11(2)6-8-12/h10H,3-9H2,1-2H3. The van der Waals surface area contributed by atoms with Crippen molar-refractivity contribution in [3.63, 3.8) is 0 Å². The normalized spacial score (nSPS) is 20.8. The average Bonchev–Trinajstić information content (AvgIpc) is 2.15. The Hall–Kier alpha value is 0.230. The second-order valence-corrected chi connectivity index (χ2v) is 4.79. The highest BCUT2D eigenvalue weighted by Gasteiger charge is 2.12. The second-order valence-electron chi connectivity index (χ2n) is 3.40. The summed E-state index contributed by atoms with van der Waals surface area (Å²) in [5.41, 5.74) is 3.46. The maximum Gasteiger partial charge on any atom is 0.0259 e. The van der Waals surface area contributed by atoms with Crippen molar-refractivity contribution in [1.29, 1.82) is 0 Å². The number of nitrogens with one attached hydrogen (secondary N) is 1. The molecule has 4 heteroatoms. The summed E-state index contributed by atoms with van der Waals surface area (Å²) in [5, 5.41) is 2.34. The minimum atomic E-state index is 1.11. The Morgan fingerprint density at radius 1 is 1.23 bits per heavy atom. The summed E-state index contributed by atoms with van der Waals surface area (Å²) in [5.74, 6) is 2.45. The van der Waals surface area contributed by atoms with Crippen LogP contribution < -0.4 is 5.43 Å². The fraction of sp³-hybridized carbons (Fsp3) is 1.00. The van der Waals surface area contributed by atoms with Crippen molar-refractivity contribution in [2.75, 3.05) is 51.3 Å². The third-order valence-electron chi connectivity index (χ3n) is 2.29. The van der Waals surface area contributed by atoms with E-state index in [-0.39, 0.29) is 0 Å². The molecule has 0 saturated carbocycles. The average molecular weight is 203 g/mol. The van der Waals surface area contributed by atoms with Gasteiger partial charge in [0.25, 0.3) is 0 Å². The van der Waals surface area contributed by atoms with E-state index in [2.05, 4.69) is 29.3 Å². The Balaban J connectivity index is 1.96. The van der Waals surface area contributed by atoms with Crippen LogP contribution in [0.25, 0.3) is 0 Å². The van der Waals surface area contributed by atoms with Gasteiger partial charge in [-0.1, -0.05) is 6.92 Å². The lowest BCUT2D eigenvalue weighted by Crippen LogP contribution is -2.51. The minimum Gasteiger partial charge on any atom is -0.304 e. The third-order valence-corrected chi connectivity index (χ3v) is 3.19. The van der Waals surface area contributed by atoms with E-state index >= 15 is 0 Å². The van der Waals surface area contributed by atoms with E-state index in [1.54, 1.807) is 0 Å². The van der Waals surface area contributed by atoms with Gasteiger partial charge in [0, 0.05) is 38.5 Å². The molecule has 0 aliphatic carbocycles. The van der Waals surface area contributed by atoms with Gasteiger partial charge in [-0.3, -0.25) is 5.43 Å². The molecule has 1 aliphatic heterocycles. The fourth-order valence-electron chi connectivity index (χ4n) is 1.38. The number of hydrazine groups is 1. The predicted octanol–water partition coefficient (Wildman–Crippen LogP) is 0.491. The van der Waals surface area contributed by atoms with Crippen LogP contribution in [0.15, 0.2) is 0 Å². The van der Waals surface area contributed by atoms with E-state index < -0.39 is 0 Å². The molecule has 1 fully saturated rings. The van der Waals surface area contributed by atoms with Gasteiger partial charge in [0.05, 0.1) is 0 Å². The van der Waals surface area contributed by atoms with E-state index in [1.165, 1.54) is 24.6 Å². The van der Waals surface area contributed by atoms with E-state index in [0.29, 0.717) is 0 Å². The van der Waals surface area contributed by atoms with Gasteiger partial charge in [0.1, 0.15) is 0 Å². The van der Waals surface area contributed by atoms with E-state index in [9.17, 15) is 0 Å². The maximum absolute atomic E-state index is 3.46. The highest BCUT2D eigenvalue weighted by Crippen LogP contribution is 1.98. The molecule has 1 saturated heterocycles. The van der Waals surface area contributed by atoms with Gasteiger partial charge in [-0.05, 0) is 12.8 Å². The monoisotopic (exact) mass is 203 g/mol. The molecule has 3 nitrogen and oxygen atoms in total. The summed E-state index contributed by atoms with van der Waals surface area (Å²) >= 11 is 2.00. The zero-order valence-corrected chi connectivity index (χ0v) is 9.57. The molecule has 1 N–H and O–H groups in total. The number of thioether (sulfide) groups is 1. The molecule has 1 rings (SSSR count). The van der Waals surface area contributed by atoms with Crippen molar-refractivity contribution in [3.8, 4) is 0 Å². The SMILES string of the molecule is CCSCCNN1CCN(C)CC1. The van der Waals surface area contributed by atoms with Crippen LogP contribution in [0, 0.1) is 0 Å². The molecule has 0 aromatic heterocycles. The largest absolute Gasteiger partial charge is 0.304 e. The molecule has 0 spiro atoms. The van der Waals surface area contributed by atoms with Crippen LogP contribution in [0.2, 0.25) is 0 Å². The van der Waals surface area contributed by atoms with Crippen molar-refractivity contribution in [2.45, 2.75) is 6.92 Å². The second kappa shape index (κ2) is 6.65. The molecule has 0 amide bonds. The molecule has 13 heavy (non-hydrogen) atoms. The summed E-state index contributed by atoms with van der Waals surface area (Å²) in [6.45, 7) is 8.02. The lowest BCUT2D eigenvalue weighted by Gasteiger charge is -2.32. The Morgan fingerprint density at radius 3 is 2.54 bits per heavy atom. The van der Waals surface area contributed by atoms with Crippen molar-refractivity contribution in [2.24, 2.45) is 0 Å². The smallest absolute Gasteiger partial charge is 0.0259 e. The first-order valence-electron chi connectivity index (χ1n) is 5.07. The molecule has 0 unspecified atom stereocenters. The lowest BCUT2D eigenvalue weighted by molar-refractivity contribution is 0.108. The summed E-state index contributed by atoms with van der Waals surface area (Å²) in [6.07, 6.45) is 0. The molecular formula is C9H21N3S. The molecular weight excluding hydrogens is 182 g/mol. The molecule has 0 bridgehead atoms. The van der Waals surface area contributed by atoms with Crippen molar-refractivity contribution in [3.05, 3.63) is 0 Å². The number of nitrogens with zero attached hydrogens (tertiary/aromatic N) is 2. The summed E-state index contributed by atoms with van der Waals surface area (Å²) < 4.78 is 0. The number of hydrogen-bond donors (Lipinski definition) is 1.